The van der Waals surface area contributed by atoms with Gasteiger partial charge in [0, 0.05) is 5.38 Å². The second-order valence-corrected chi connectivity index (χ2v) is 6.12. The van der Waals surface area contributed by atoms with Crippen molar-refractivity contribution in [2.24, 2.45) is 11.7 Å². The Kier molecular flexibility index (Phi) is 3.97. The van der Waals surface area contributed by atoms with E-state index in [1.165, 1.54) is 11.3 Å². The third-order valence-electron chi connectivity index (χ3n) is 3.62. The van der Waals surface area contributed by atoms with Gasteiger partial charge < -0.3 is 11.1 Å². The summed E-state index contributed by atoms with van der Waals surface area (Å²) in [6, 6.07) is 0. The maximum atomic E-state index is 12.1. The number of amides is 1. The van der Waals surface area contributed by atoms with Gasteiger partial charge in [-0.3, -0.25) is 4.79 Å². The number of thiocarbonyl (C=S) groups is 1. The van der Waals surface area contributed by atoms with Crippen molar-refractivity contribution >= 4 is 34.5 Å². The quantitative estimate of drug-likeness (QED) is 0.834. The highest BCUT2D eigenvalue weighted by Crippen LogP contribution is 2.32. The smallest absolute Gasteiger partial charge is 0.271 e. The molecular formula is C12H17N3OS2. The first-order chi connectivity index (χ1) is 8.53. The summed E-state index contributed by atoms with van der Waals surface area (Å²) >= 11 is 6.56. The highest BCUT2D eigenvalue weighted by molar-refractivity contribution is 7.80. The average molecular weight is 283 g/mol. The number of nitrogens with zero attached hydrogens (tertiary/aromatic N) is 1. The van der Waals surface area contributed by atoms with Crippen molar-refractivity contribution in [1.82, 2.24) is 10.3 Å². The van der Waals surface area contributed by atoms with Gasteiger partial charge in [0.15, 0.2) is 0 Å². The molecule has 2 rings (SSSR count). The van der Waals surface area contributed by atoms with Crippen molar-refractivity contribution in [3.05, 3.63) is 16.6 Å². The molecule has 6 heteroatoms. The molecule has 1 saturated carbocycles. The summed E-state index contributed by atoms with van der Waals surface area (Å²) in [6.45, 7) is 2.21. The van der Waals surface area contributed by atoms with Crippen LogP contribution < -0.4 is 11.1 Å². The fraction of sp³-hybridized carbons (Fsp3) is 0.583. The molecule has 1 aliphatic carbocycles. The van der Waals surface area contributed by atoms with E-state index >= 15 is 0 Å². The Morgan fingerprint density at radius 1 is 1.61 bits per heavy atom. The van der Waals surface area contributed by atoms with E-state index in [9.17, 15) is 4.79 Å². The van der Waals surface area contributed by atoms with Gasteiger partial charge in [-0.2, -0.15) is 0 Å². The molecule has 0 unspecified atom stereocenters. The molecule has 1 heterocycles. The van der Waals surface area contributed by atoms with E-state index in [2.05, 4.69) is 17.2 Å². The fourth-order valence-corrected chi connectivity index (χ4v) is 3.08. The third kappa shape index (κ3) is 2.70. The van der Waals surface area contributed by atoms with Crippen LogP contribution in [0.3, 0.4) is 0 Å². The average Bonchev–Trinajstić information content (AvgIpc) is 2.85. The van der Waals surface area contributed by atoms with E-state index in [4.69, 9.17) is 18.0 Å². The van der Waals surface area contributed by atoms with Crippen molar-refractivity contribution in [2.45, 2.75) is 38.1 Å². The predicted molar refractivity (Wildman–Crippen MR) is 76.7 cm³/mol. The van der Waals surface area contributed by atoms with Crippen LogP contribution in [0, 0.1) is 5.92 Å². The van der Waals surface area contributed by atoms with Gasteiger partial charge in [-0.05, 0) is 31.6 Å². The highest BCUT2D eigenvalue weighted by Gasteiger charge is 2.38. The first-order valence-corrected chi connectivity index (χ1v) is 7.39. The van der Waals surface area contributed by atoms with Crippen LogP contribution in [0.1, 0.15) is 43.1 Å². The summed E-state index contributed by atoms with van der Waals surface area (Å²) < 4.78 is 0. The largest absolute Gasteiger partial charge is 0.391 e. The van der Waals surface area contributed by atoms with Crippen molar-refractivity contribution in [1.29, 1.82) is 0 Å². The first kappa shape index (κ1) is 13.4. The maximum Gasteiger partial charge on any atom is 0.271 e. The molecule has 0 spiro atoms. The van der Waals surface area contributed by atoms with Gasteiger partial charge in [0.1, 0.15) is 5.69 Å². The SMILES string of the molecule is CC1CCC(NC(=O)c2cscn2)(C(N)=S)CC1. The van der Waals surface area contributed by atoms with Crippen molar-refractivity contribution in [3.63, 3.8) is 0 Å². The van der Waals surface area contributed by atoms with Crippen LogP contribution in [-0.2, 0) is 0 Å². The molecule has 98 valence electrons. The van der Waals surface area contributed by atoms with Crippen molar-refractivity contribution in [2.75, 3.05) is 0 Å². The Morgan fingerprint density at radius 3 is 2.78 bits per heavy atom. The first-order valence-electron chi connectivity index (χ1n) is 6.04. The van der Waals surface area contributed by atoms with E-state index in [-0.39, 0.29) is 5.91 Å². The van der Waals surface area contributed by atoms with Crippen LogP contribution in [-0.4, -0.2) is 21.4 Å². The van der Waals surface area contributed by atoms with Gasteiger partial charge in [-0.25, -0.2) is 4.98 Å². The van der Waals surface area contributed by atoms with E-state index in [0.717, 1.165) is 25.7 Å². The van der Waals surface area contributed by atoms with Crippen LogP contribution >= 0.6 is 23.6 Å². The second-order valence-electron chi connectivity index (χ2n) is 4.96. The molecule has 1 aromatic rings. The lowest BCUT2D eigenvalue weighted by Gasteiger charge is -2.39. The molecule has 0 atom stereocenters. The van der Waals surface area contributed by atoms with Gasteiger partial charge in [0.2, 0.25) is 0 Å². The van der Waals surface area contributed by atoms with Crippen LogP contribution in [0.4, 0.5) is 0 Å². The van der Waals surface area contributed by atoms with E-state index in [1.54, 1.807) is 10.9 Å². The Balaban J connectivity index is 2.12. The zero-order valence-corrected chi connectivity index (χ0v) is 11.9. The second kappa shape index (κ2) is 5.32. The fourth-order valence-electron chi connectivity index (χ4n) is 2.29. The molecule has 3 N–H and O–H groups in total. The summed E-state index contributed by atoms with van der Waals surface area (Å²) in [6.07, 6.45) is 3.71. The molecule has 0 aliphatic heterocycles. The molecule has 18 heavy (non-hydrogen) atoms. The molecule has 0 radical (unpaired) electrons. The zero-order chi connectivity index (χ0) is 13.2. The van der Waals surface area contributed by atoms with Gasteiger partial charge in [0.05, 0.1) is 16.0 Å². The Labute approximate surface area is 116 Å². The van der Waals surface area contributed by atoms with Crippen molar-refractivity contribution < 1.29 is 4.79 Å². The minimum absolute atomic E-state index is 0.182. The summed E-state index contributed by atoms with van der Waals surface area (Å²) in [5.74, 6) is 0.488. The maximum absolute atomic E-state index is 12.1. The summed E-state index contributed by atoms with van der Waals surface area (Å²) in [4.78, 5) is 16.5. The summed E-state index contributed by atoms with van der Waals surface area (Å²) in [5, 5.41) is 4.72. The lowest BCUT2D eigenvalue weighted by Crippen LogP contribution is -2.58. The number of aromatic nitrogens is 1. The lowest BCUT2D eigenvalue weighted by atomic mass is 9.77. The van der Waals surface area contributed by atoms with E-state index in [1.807, 2.05) is 0 Å². The topological polar surface area (TPSA) is 68.0 Å². The van der Waals surface area contributed by atoms with Crippen LogP contribution in [0.2, 0.25) is 0 Å². The molecule has 0 aromatic carbocycles. The molecule has 0 bridgehead atoms. The normalized spacial score (nSPS) is 27.7. The Bertz CT molecular complexity index is 436. The van der Waals surface area contributed by atoms with E-state index < -0.39 is 5.54 Å². The number of thiazole rings is 1. The summed E-state index contributed by atoms with van der Waals surface area (Å²) in [7, 11) is 0. The van der Waals surface area contributed by atoms with Crippen LogP contribution in [0.15, 0.2) is 10.9 Å². The number of rotatable bonds is 3. The van der Waals surface area contributed by atoms with Gasteiger partial charge in [-0.15, -0.1) is 11.3 Å². The lowest BCUT2D eigenvalue weighted by molar-refractivity contribution is 0.0896. The third-order valence-corrected chi connectivity index (χ3v) is 4.59. The minimum Gasteiger partial charge on any atom is -0.391 e. The number of nitrogens with one attached hydrogen (secondary N) is 1. The number of carbonyl (C=O) groups is 1. The minimum atomic E-state index is -0.525. The molecule has 4 nitrogen and oxygen atoms in total. The van der Waals surface area contributed by atoms with Gasteiger partial charge >= 0.3 is 0 Å². The Hall–Kier alpha value is -1.01. The monoisotopic (exact) mass is 283 g/mol. The summed E-state index contributed by atoms with van der Waals surface area (Å²) in [5.41, 5.74) is 7.41. The standard InChI is InChI=1S/C12H17N3OS2/c1-8-2-4-12(5-3-8,11(13)17)15-10(16)9-6-18-7-14-9/h6-8H,2-5H2,1H3,(H2,13,17)(H,15,16). The van der Waals surface area contributed by atoms with Crippen LogP contribution in [0.25, 0.3) is 0 Å². The van der Waals surface area contributed by atoms with Gasteiger partial charge in [-0.1, -0.05) is 19.1 Å². The van der Waals surface area contributed by atoms with Crippen molar-refractivity contribution in [3.8, 4) is 0 Å². The number of hydrogen-bond acceptors (Lipinski definition) is 4. The zero-order valence-electron chi connectivity index (χ0n) is 10.3. The molecule has 1 aliphatic rings. The van der Waals surface area contributed by atoms with Gasteiger partial charge in [0.25, 0.3) is 5.91 Å². The predicted octanol–water partition coefficient (Wildman–Crippen LogP) is 2.11. The number of nitrogens with two attached hydrogens (primary N) is 1. The Morgan fingerprint density at radius 2 is 2.28 bits per heavy atom. The number of carbonyl (C=O) groups excluding carboxylic acids is 1. The molecule has 1 aromatic heterocycles. The molecule has 1 amide bonds. The highest BCUT2D eigenvalue weighted by atomic mass is 32.1. The van der Waals surface area contributed by atoms with Crippen LogP contribution in [0.5, 0.6) is 0 Å². The molecular weight excluding hydrogens is 266 g/mol. The molecule has 1 fully saturated rings. The molecule has 0 saturated heterocycles. The van der Waals surface area contributed by atoms with E-state index in [0.29, 0.717) is 16.6 Å². The number of hydrogen-bond donors (Lipinski definition) is 2.